The molecule has 9 heteroatoms. The molecule has 2 aromatic heterocycles. The lowest BCUT2D eigenvalue weighted by Crippen LogP contribution is -2.46. The van der Waals surface area contributed by atoms with E-state index in [1.807, 2.05) is 0 Å². The summed E-state index contributed by atoms with van der Waals surface area (Å²) < 4.78 is 15.8. The smallest absolute Gasteiger partial charge is 0.243 e. The van der Waals surface area contributed by atoms with Gasteiger partial charge < -0.3 is 14.8 Å². The minimum atomic E-state index is -0.628. The molecule has 0 radical (unpaired) electrons. The number of fused-ring (bicyclic) bond motifs is 1. The molecule has 166 valence electrons. The number of nitrogens with zero attached hydrogens (tertiary/aromatic N) is 3. The quantitative estimate of drug-likeness (QED) is 0.576. The second-order valence-corrected chi connectivity index (χ2v) is 8.20. The van der Waals surface area contributed by atoms with Crippen molar-refractivity contribution in [2.24, 2.45) is 0 Å². The average molecular weight is 457 g/mol. The molecule has 4 rings (SSSR count). The third-order valence-corrected chi connectivity index (χ3v) is 6.02. The summed E-state index contributed by atoms with van der Waals surface area (Å²) in [5.74, 6) is -1.23. The average Bonchev–Trinajstić information content (AvgIpc) is 3.40. The fourth-order valence-electron chi connectivity index (χ4n) is 4.11. The van der Waals surface area contributed by atoms with Crippen molar-refractivity contribution in [1.82, 2.24) is 19.8 Å². The van der Waals surface area contributed by atoms with Crippen molar-refractivity contribution in [3.63, 3.8) is 0 Å². The van der Waals surface area contributed by atoms with Gasteiger partial charge in [0.15, 0.2) is 5.78 Å². The molecule has 7 nitrogen and oxygen atoms in total. The van der Waals surface area contributed by atoms with Crippen LogP contribution in [0.3, 0.4) is 0 Å². The van der Waals surface area contributed by atoms with Crippen molar-refractivity contribution >= 4 is 40.1 Å². The summed E-state index contributed by atoms with van der Waals surface area (Å²) in [7, 11) is 0. The zero-order valence-electron chi connectivity index (χ0n) is 17.5. The van der Waals surface area contributed by atoms with E-state index in [4.69, 9.17) is 11.6 Å². The van der Waals surface area contributed by atoms with Gasteiger partial charge in [-0.25, -0.2) is 4.39 Å². The molecule has 0 spiro atoms. The van der Waals surface area contributed by atoms with E-state index < -0.39 is 11.9 Å². The second-order valence-electron chi connectivity index (χ2n) is 7.80. The van der Waals surface area contributed by atoms with E-state index in [1.165, 1.54) is 13.0 Å². The van der Waals surface area contributed by atoms with E-state index in [9.17, 15) is 18.8 Å². The minimum Gasteiger partial charge on any atom is -0.350 e. The summed E-state index contributed by atoms with van der Waals surface area (Å²) in [5, 5.41) is 3.44. The van der Waals surface area contributed by atoms with Crippen LogP contribution in [0.1, 0.15) is 35.7 Å². The fraction of sp³-hybridized carbons (Fsp3) is 0.304. The van der Waals surface area contributed by atoms with Crippen molar-refractivity contribution in [2.45, 2.75) is 38.9 Å². The van der Waals surface area contributed by atoms with Crippen LogP contribution < -0.4 is 5.32 Å². The van der Waals surface area contributed by atoms with Crippen molar-refractivity contribution in [2.75, 3.05) is 6.54 Å². The predicted molar refractivity (Wildman–Crippen MR) is 118 cm³/mol. The number of benzene rings is 1. The number of hydrogen-bond acceptors (Lipinski definition) is 4. The first-order chi connectivity index (χ1) is 15.4. The van der Waals surface area contributed by atoms with Crippen LogP contribution in [0.4, 0.5) is 4.39 Å². The Balaban J connectivity index is 1.47. The zero-order valence-corrected chi connectivity index (χ0v) is 18.2. The summed E-state index contributed by atoms with van der Waals surface area (Å²) in [6.07, 6.45) is 6.09. The lowest BCUT2D eigenvalue weighted by Gasteiger charge is -2.24. The Morgan fingerprint density at radius 2 is 2.09 bits per heavy atom. The van der Waals surface area contributed by atoms with E-state index in [-0.39, 0.29) is 41.3 Å². The molecule has 1 fully saturated rings. The maximum Gasteiger partial charge on any atom is 0.243 e. The molecule has 3 aromatic rings. The summed E-state index contributed by atoms with van der Waals surface area (Å²) in [4.78, 5) is 43.4. The molecule has 1 atom stereocenters. The number of rotatable bonds is 6. The van der Waals surface area contributed by atoms with Crippen LogP contribution in [0.15, 0.2) is 42.9 Å². The molecule has 1 saturated heterocycles. The molecular weight excluding hydrogens is 435 g/mol. The van der Waals surface area contributed by atoms with Crippen molar-refractivity contribution < 1.29 is 18.8 Å². The van der Waals surface area contributed by atoms with Crippen molar-refractivity contribution in [3.8, 4) is 0 Å². The fourth-order valence-corrected chi connectivity index (χ4v) is 4.30. The topological polar surface area (TPSA) is 84.3 Å². The van der Waals surface area contributed by atoms with Crippen LogP contribution in [0, 0.1) is 5.82 Å². The number of carbonyl (C=O) groups excluding carboxylic acids is 3. The molecule has 1 N–H and O–H groups in total. The van der Waals surface area contributed by atoms with E-state index in [1.54, 1.807) is 46.3 Å². The number of amides is 2. The highest BCUT2D eigenvalue weighted by Gasteiger charge is 2.34. The van der Waals surface area contributed by atoms with Gasteiger partial charge in [-0.1, -0.05) is 23.7 Å². The third kappa shape index (κ3) is 4.23. The monoisotopic (exact) mass is 456 g/mol. The molecule has 0 unspecified atom stereocenters. The number of halogens is 2. The normalized spacial score (nSPS) is 15.8. The number of pyridine rings is 1. The Morgan fingerprint density at radius 1 is 1.28 bits per heavy atom. The third-order valence-electron chi connectivity index (χ3n) is 5.73. The first-order valence-corrected chi connectivity index (χ1v) is 10.7. The van der Waals surface area contributed by atoms with E-state index in [0.717, 1.165) is 5.39 Å². The summed E-state index contributed by atoms with van der Waals surface area (Å²) in [6.45, 7) is 1.91. The molecule has 0 aliphatic carbocycles. The van der Waals surface area contributed by atoms with Gasteiger partial charge in [-0.05, 0) is 31.9 Å². The van der Waals surface area contributed by atoms with Gasteiger partial charge >= 0.3 is 0 Å². The standard InChI is InChI=1S/C23H22ClFN4O3/c1-14(30)17-12-28(20-11-26-8-7-16(17)20)13-21(31)29-9-3-6-19(29)23(32)27-10-15-4-2-5-18(24)22(15)25/h2,4-5,7-8,11-12,19H,3,6,9-10,13H2,1H3,(H,27,32)/t19-/m0/s1. The van der Waals surface area contributed by atoms with Gasteiger partial charge in [-0.15, -0.1) is 0 Å². The highest BCUT2D eigenvalue weighted by atomic mass is 35.5. The van der Waals surface area contributed by atoms with Crippen LogP contribution in [0.5, 0.6) is 0 Å². The summed E-state index contributed by atoms with van der Waals surface area (Å²) in [6, 6.07) is 5.73. The molecule has 0 bridgehead atoms. The van der Waals surface area contributed by atoms with Crippen LogP contribution in [-0.2, 0) is 22.7 Å². The summed E-state index contributed by atoms with van der Waals surface area (Å²) >= 11 is 5.79. The van der Waals surface area contributed by atoms with Gasteiger partial charge in [-0.2, -0.15) is 0 Å². The van der Waals surface area contributed by atoms with Gasteiger partial charge in [-0.3, -0.25) is 19.4 Å². The first kappa shape index (κ1) is 22.0. The molecule has 32 heavy (non-hydrogen) atoms. The number of hydrogen-bond donors (Lipinski definition) is 1. The summed E-state index contributed by atoms with van der Waals surface area (Å²) in [5.41, 5.74) is 1.49. The lowest BCUT2D eigenvalue weighted by molar-refractivity contribution is -0.138. The van der Waals surface area contributed by atoms with E-state index >= 15 is 0 Å². The Labute approximate surface area is 189 Å². The van der Waals surface area contributed by atoms with Gasteiger partial charge in [0.1, 0.15) is 18.4 Å². The highest BCUT2D eigenvalue weighted by molar-refractivity contribution is 6.30. The first-order valence-electron chi connectivity index (χ1n) is 10.3. The predicted octanol–water partition coefficient (Wildman–Crippen LogP) is 3.34. The van der Waals surface area contributed by atoms with Crippen LogP contribution in [0.25, 0.3) is 10.9 Å². The van der Waals surface area contributed by atoms with Crippen LogP contribution in [0.2, 0.25) is 5.02 Å². The molecule has 1 aliphatic rings. The molecule has 1 aromatic carbocycles. The number of aromatic nitrogens is 2. The largest absolute Gasteiger partial charge is 0.350 e. The minimum absolute atomic E-state index is 0.00668. The number of nitrogens with one attached hydrogen (secondary N) is 1. The van der Waals surface area contributed by atoms with Gasteiger partial charge in [0.2, 0.25) is 11.8 Å². The van der Waals surface area contributed by atoms with Gasteiger partial charge in [0, 0.05) is 42.0 Å². The molecule has 1 aliphatic heterocycles. The Kier molecular flexibility index (Phi) is 6.23. The molecule has 0 saturated carbocycles. The molecule has 2 amide bonds. The van der Waals surface area contributed by atoms with E-state index in [0.29, 0.717) is 30.5 Å². The van der Waals surface area contributed by atoms with Crippen LogP contribution in [-0.4, -0.2) is 44.6 Å². The van der Waals surface area contributed by atoms with Gasteiger partial charge in [0.25, 0.3) is 0 Å². The number of Topliss-reactive ketones (excluding diaryl/α,β-unsaturated/α-hetero) is 1. The highest BCUT2D eigenvalue weighted by Crippen LogP contribution is 2.23. The lowest BCUT2D eigenvalue weighted by atomic mass is 10.1. The number of ketones is 1. The molecule has 3 heterocycles. The Hall–Kier alpha value is -3.26. The van der Waals surface area contributed by atoms with Crippen molar-refractivity contribution in [1.29, 1.82) is 0 Å². The maximum atomic E-state index is 14.1. The Morgan fingerprint density at radius 3 is 2.88 bits per heavy atom. The van der Waals surface area contributed by atoms with E-state index in [2.05, 4.69) is 10.3 Å². The SMILES string of the molecule is CC(=O)c1cn(CC(=O)N2CCC[C@H]2C(=O)NCc2cccc(Cl)c2F)c2cnccc12. The Bertz CT molecular complexity index is 1210. The van der Waals surface area contributed by atoms with Crippen LogP contribution >= 0.6 is 11.6 Å². The zero-order chi connectivity index (χ0) is 22.8. The van der Waals surface area contributed by atoms with Crippen molar-refractivity contribution in [3.05, 3.63) is 64.8 Å². The second kappa shape index (κ2) is 9.08. The number of carbonyl (C=O) groups is 3. The van der Waals surface area contributed by atoms with Gasteiger partial charge in [0.05, 0.1) is 16.7 Å². The maximum absolute atomic E-state index is 14.1. The molecular formula is C23H22ClFN4O3. The number of likely N-dealkylation sites (tertiary alicyclic amines) is 1.